The second kappa shape index (κ2) is 5.81. The van der Waals surface area contributed by atoms with Crippen LogP contribution in [0, 0.1) is 5.92 Å². The maximum absolute atomic E-state index is 12.5. The van der Waals surface area contributed by atoms with Gasteiger partial charge in [0.2, 0.25) is 5.52 Å². The number of imidazole rings is 1. The Morgan fingerprint density at radius 3 is 2.92 bits per heavy atom. The predicted molar refractivity (Wildman–Crippen MR) is 93.7 cm³/mol. The average molecular weight is 348 g/mol. The summed E-state index contributed by atoms with van der Waals surface area (Å²) in [6.07, 6.45) is 4.05. The number of rotatable bonds is 5. The van der Waals surface area contributed by atoms with Gasteiger partial charge in [-0.3, -0.25) is 9.78 Å². The molecular weight excluding hydrogens is 320 g/mol. The number of aromatic nitrogens is 4. The standard InChI is InChI=1S/C17H27N6O2/c1-4-12-11(2)9-13(25-12)22-10-21(5-6-23(3)7-8-23)14-15(22)19-17(18)20-16(14)24/h10-13H,4-9H2,1-3H3,(H2-,18,19,20,24)/q+1/p+1/t11?,12-,13-/m1/s1. The molecule has 2 aromatic heterocycles. The van der Waals surface area contributed by atoms with Gasteiger partial charge in [-0.1, -0.05) is 18.8 Å². The van der Waals surface area contributed by atoms with Crippen molar-refractivity contribution in [3.05, 3.63) is 16.7 Å². The zero-order valence-electron chi connectivity index (χ0n) is 15.2. The summed E-state index contributed by atoms with van der Waals surface area (Å²) < 4.78 is 11.3. The Morgan fingerprint density at radius 1 is 1.52 bits per heavy atom. The van der Waals surface area contributed by atoms with Gasteiger partial charge in [0.05, 0.1) is 13.2 Å². The zero-order valence-corrected chi connectivity index (χ0v) is 15.2. The largest absolute Gasteiger partial charge is 0.355 e. The van der Waals surface area contributed by atoms with Crippen molar-refractivity contribution in [1.82, 2.24) is 14.5 Å². The molecule has 8 nitrogen and oxygen atoms in total. The van der Waals surface area contributed by atoms with Crippen LogP contribution in [0.25, 0.3) is 11.2 Å². The second-order valence-corrected chi connectivity index (χ2v) is 7.88. The number of anilines is 1. The van der Waals surface area contributed by atoms with E-state index in [1.165, 1.54) is 13.1 Å². The molecule has 0 radical (unpaired) electrons. The molecule has 0 aliphatic carbocycles. The Kier molecular flexibility index (Phi) is 3.84. The van der Waals surface area contributed by atoms with Crippen molar-refractivity contribution < 1.29 is 13.8 Å². The molecule has 4 rings (SSSR count). The topological polar surface area (TPSA) is 89.8 Å². The quantitative estimate of drug-likeness (QED) is 0.465. The summed E-state index contributed by atoms with van der Waals surface area (Å²) in [4.78, 5) is 19.6. The molecule has 1 unspecified atom stereocenters. The molecular formula is C17H28N6O2+2. The Morgan fingerprint density at radius 2 is 2.28 bits per heavy atom. The minimum Gasteiger partial charge on any atom is -0.355 e. The van der Waals surface area contributed by atoms with Crippen LogP contribution in [-0.4, -0.2) is 51.8 Å². The minimum atomic E-state index is -0.187. The predicted octanol–water partition coefficient (Wildman–Crippen LogP) is 0.388. The van der Waals surface area contributed by atoms with Crippen molar-refractivity contribution in [2.45, 2.75) is 45.6 Å². The summed E-state index contributed by atoms with van der Waals surface area (Å²) in [5, 5.41) is 0. The van der Waals surface area contributed by atoms with Gasteiger partial charge in [-0.15, -0.1) is 0 Å². The summed E-state index contributed by atoms with van der Waals surface area (Å²) in [6.45, 7) is 8.58. The molecule has 2 saturated heterocycles. The normalized spacial score (nSPS) is 27.9. The number of H-pyrrole nitrogens is 1. The van der Waals surface area contributed by atoms with Crippen LogP contribution < -0.4 is 15.9 Å². The number of hydrogen-bond donors (Lipinski definition) is 2. The Balaban J connectivity index is 1.74. The number of fused-ring (bicyclic) bond motifs is 1. The highest BCUT2D eigenvalue weighted by atomic mass is 16.5. The van der Waals surface area contributed by atoms with E-state index in [1.54, 1.807) is 0 Å². The molecule has 0 spiro atoms. The van der Waals surface area contributed by atoms with Gasteiger partial charge in [0.1, 0.15) is 26.2 Å². The van der Waals surface area contributed by atoms with Crippen molar-refractivity contribution in [2.75, 3.05) is 32.4 Å². The number of nitrogen functional groups attached to an aromatic ring is 1. The van der Waals surface area contributed by atoms with Gasteiger partial charge in [-0.2, -0.15) is 0 Å². The van der Waals surface area contributed by atoms with Crippen LogP contribution in [0.5, 0.6) is 0 Å². The van der Waals surface area contributed by atoms with Crippen LogP contribution in [0.3, 0.4) is 0 Å². The Labute approximate surface area is 146 Å². The van der Waals surface area contributed by atoms with E-state index in [9.17, 15) is 4.79 Å². The summed E-state index contributed by atoms with van der Waals surface area (Å²) in [7, 11) is 2.24. The summed E-state index contributed by atoms with van der Waals surface area (Å²) in [5.74, 6) is 0.634. The highest BCUT2D eigenvalue weighted by molar-refractivity contribution is 5.67. The lowest BCUT2D eigenvalue weighted by atomic mass is 10.0. The monoisotopic (exact) mass is 348 g/mol. The van der Waals surface area contributed by atoms with Crippen molar-refractivity contribution in [1.29, 1.82) is 0 Å². The van der Waals surface area contributed by atoms with Crippen molar-refractivity contribution in [2.24, 2.45) is 5.92 Å². The molecule has 4 heterocycles. The molecule has 25 heavy (non-hydrogen) atoms. The molecule has 3 atom stereocenters. The molecule has 2 aliphatic rings. The molecule has 0 aromatic carbocycles. The number of nitrogens with zero attached hydrogens (tertiary/aromatic N) is 4. The number of aromatic amines is 1. The third-order valence-electron chi connectivity index (χ3n) is 5.81. The first-order chi connectivity index (χ1) is 11.9. The van der Waals surface area contributed by atoms with Gasteiger partial charge in [0.15, 0.2) is 12.6 Å². The summed E-state index contributed by atoms with van der Waals surface area (Å²) in [5.41, 5.74) is 6.81. The van der Waals surface area contributed by atoms with Gasteiger partial charge in [0, 0.05) is 6.42 Å². The molecule has 2 aromatic rings. The second-order valence-electron chi connectivity index (χ2n) is 7.88. The van der Waals surface area contributed by atoms with E-state index < -0.39 is 0 Å². The fraction of sp³-hybridized carbons (Fsp3) is 0.706. The van der Waals surface area contributed by atoms with E-state index >= 15 is 0 Å². The van der Waals surface area contributed by atoms with Crippen LogP contribution in [0.2, 0.25) is 0 Å². The number of quaternary nitrogens is 1. The molecule has 136 valence electrons. The first-order valence-electron chi connectivity index (χ1n) is 9.19. The molecule has 0 bridgehead atoms. The molecule has 3 N–H and O–H groups in total. The van der Waals surface area contributed by atoms with E-state index in [-0.39, 0.29) is 23.8 Å². The highest BCUT2D eigenvalue weighted by Crippen LogP contribution is 2.32. The van der Waals surface area contributed by atoms with Crippen LogP contribution in [0.4, 0.5) is 5.95 Å². The molecule has 0 saturated carbocycles. The van der Waals surface area contributed by atoms with E-state index in [1.807, 2.05) is 15.5 Å². The van der Waals surface area contributed by atoms with Gasteiger partial charge in [0.25, 0.3) is 11.5 Å². The number of nitrogens with one attached hydrogen (secondary N) is 1. The van der Waals surface area contributed by atoms with Crippen molar-refractivity contribution in [3.8, 4) is 0 Å². The lowest BCUT2D eigenvalue weighted by Crippen LogP contribution is -2.39. The summed E-state index contributed by atoms with van der Waals surface area (Å²) in [6, 6.07) is 0. The van der Waals surface area contributed by atoms with Crippen LogP contribution in [-0.2, 0) is 11.3 Å². The van der Waals surface area contributed by atoms with Gasteiger partial charge in [-0.05, 0) is 12.3 Å². The van der Waals surface area contributed by atoms with Gasteiger partial charge in [-0.25, -0.2) is 9.13 Å². The van der Waals surface area contributed by atoms with Crippen LogP contribution in [0.1, 0.15) is 32.9 Å². The number of ether oxygens (including phenoxy) is 1. The fourth-order valence-electron chi connectivity index (χ4n) is 3.84. The third kappa shape index (κ3) is 2.93. The first kappa shape index (κ1) is 16.5. The SMILES string of the molecule is CC[C@H]1O[C@@H]([n+]2cn(CC[N+]3(C)CC3)c3c(=O)[nH]c(N)nc32)CC1C. The molecule has 2 fully saturated rings. The van der Waals surface area contributed by atoms with Crippen LogP contribution >= 0.6 is 0 Å². The lowest BCUT2D eigenvalue weighted by molar-refractivity contribution is -0.778. The molecule has 0 amide bonds. The van der Waals surface area contributed by atoms with E-state index in [2.05, 4.69) is 30.9 Å². The van der Waals surface area contributed by atoms with Crippen LogP contribution in [0.15, 0.2) is 11.1 Å². The lowest BCUT2D eigenvalue weighted by Gasteiger charge is -2.11. The highest BCUT2D eigenvalue weighted by Gasteiger charge is 2.39. The minimum absolute atomic E-state index is 0.0941. The fourth-order valence-corrected chi connectivity index (χ4v) is 3.84. The molecule has 2 aliphatic heterocycles. The number of likely N-dealkylation sites (N-methyl/N-ethyl adjacent to an activating group) is 1. The Hall–Kier alpha value is -1.93. The van der Waals surface area contributed by atoms with E-state index in [4.69, 9.17) is 10.5 Å². The van der Waals surface area contributed by atoms with Crippen molar-refractivity contribution in [3.63, 3.8) is 0 Å². The summed E-state index contributed by atoms with van der Waals surface area (Å²) >= 11 is 0. The Bertz CT molecular complexity index is 853. The number of nitrogens with two attached hydrogens (primary N) is 1. The zero-order chi connectivity index (χ0) is 17.8. The maximum Gasteiger partial charge on any atom is 0.313 e. The van der Waals surface area contributed by atoms with E-state index in [0.717, 1.165) is 30.4 Å². The van der Waals surface area contributed by atoms with E-state index in [0.29, 0.717) is 17.1 Å². The molecule has 8 heteroatoms. The smallest absolute Gasteiger partial charge is 0.313 e. The van der Waals surface area contributed by atoms with Crippen molar-refractivity contribution >= 4 is 17.1 Å². The van der Waals surface area contributed by atoms with Gasteiger partial charge < -0.3 is 15.0 Å². The third-order valence-corrected chi connectivity index (χ3v) is 5.81. The van der Waals surface area contributed by atoms with Gasteiger partial charge >= 0.3 is 5.65 Å². The first-order valence-corrected chi connectivity index (χ1v) is 9.19. The number of hydrogen-bond acceptors (Lipinski definition) is 4. The maximum atomic E-state index is 12.5. The average Bonchev–Trinajstić information content (AvgIpc) is 3.02.